The van der Waals surface area contributed by atoms with E-state index in [1.807, 2.05) is 0 Å². The molecule has 0 radical (unpaired) electrons. The molecule has 1 amide bonds. The van der Waals surface area contributed by atoms with Gasteiger partial charge in [-0.25, -0.2) is 9.52 Å². The largest absolute Gasteiger partial charge is 0.573 e. The predicted octanol–water partition coefficient (Wildman–Crippen LogP) is 1.33. The highest BCUT2D eigenvalue weighted by atomic mass is 32.4. The van der Waals surface area contributed by atoms with Gasteiger partial charge >= 0.3 is 7.15 Å². The second-order valence-corrected chi connectivity index (χ2v) is 6.71. The molecule has 1 aliphatic rings. The number of carbonyl (C=O) groups is 1. The molecular formula is C12H19N3O5PS+. The van der Waals surface area contributed by atoms with E-state index in [1.54, 1.807) is 20.8 Å². The Kier molecular flexibility index (Phi) is 6.43. The fourth-order valence-electron chi connectivity index (χ4n) is 1.63. The van der Waals surface area contributed by atoms with E-state index in [4.69, 9.17) is 31.3 Å². The van der Waals surface area contributed by atoms with E-state index in [9.17, 15) is 9.90 Å². The van der Waals surface area contributed by atoms with E-state index in [0.717, 1.165) is 0 Å². The summed E-state index contributed by atoms with van der Waals surface area (Å²) in [4.78, 5) is 14.3. The van der Waals surface area contributed by atoms with Crippen molar-refractivity contribution in [3.8, 4) is 0 Å². The second kappa shape index (κ2) is 7.64. The van der Waals surface area contributed by atoms with Gasteiger partial charge in [-0.05, 0) is 20.8 Å². The first-order chi connectivity index (χ1) is 10.2. The third-order valence-corrected chi connectivity index (χ3v) is 4.06. The lowest BCUT2D eigenvalue weighted by Crippen LogP contribution is -2.26. The first-order valence-electron chi connectivity index (χ1n) is 6.23. The maximum Gasteiger partial charge on any atom is 0.573 e. The normalized spacial score (nSPS) is 22.5. The van der Waals surface area contributed by atoms with Crippen molar-refractivity contribution in [1.29, 1.82) is 0 Å². The highest BCUT2D eigenvalue weighted by Gasteiger charge is 2.46. The lowest BCUT2D eigenvalue weighted by atomic mass is 10.1. The smallest absolute Gasteiger partial charge is 0.505 e. The van der Waals surface area contributed by atoms with Crippen LogP contribution in [-0.2, 0) is 30.4 Å². The standard InChI is InChI=1S/C12H18N3O5PS/c1-7(5-14-6-16)10(13)15-11-8(17)9(12(2,3)19-11)20-21(22)18-4/h5-6,11H,1-4H3,(H3-,13,14,15,16,17)/p+1/t11-/m1/s1. The third-order valence-electron chi connectivity index (χ3n) is 2.76. The van der Waals surface area contributed by atoms with E-state index in [2.05, 4.69) is 10.3 Å². The summed E-state index contributed by atoms with van der Waals surface area (Å²) in [6.07, 6.45) is 0.878. The van der Waals surface area contributed by atoms with Gasteiger partial charge in [-0.1, -0.05) is 0 Å². The number of aliphatic imine (C=N–C) groups is 1. The van der Waals surface area contributed by atoms with Gasteiger partial charge in [0.25, 0.3) is 0 Å². The van der Waals surface area contributed by atoms with Gasteiger partial charge in [0, 0.05) is 11.8 Å². The molecule has 1 unspecified atom stereocenters. The SMILES string of the molecule is CO[P+](=S)OC1=C(O)[C@H](N=C(N)/C(C)=C\NC=O)OC1(C)C. The van der Waals surface area contributed by atoms with Crippen LogP contribution in [0.2, 0.25) is 0 Å². The van der Waals surface area contributed by atoms with E-state index in [-0.39, 0.29) is 17.4 Å². The highest BCUT2D eigenvalue weighted by Crippen LogP contribution is 2.41. The van der Waals surface area contributed by atoms with Crippen LogP contribution in [0.15, 0.2) is 28.3 Å². The molecule has 0 aromatic carbocycles. The molecule has 1 heterocycles. The second-order valence-electron chi connectivity index (χ2n) is 4.82. The maximum absolute atomic E-state index is 10.2. The van der Waals surface area contributed by atoms with Gasteiger partial charge in [0.2, 0.25) is 30.2 Å². The quantitative estimate of drug-likeness (QED) is 0.275. The number of nitrogens with zero attached hydrogens (tertiary/aromatic N) is 1. The maximum atomic E-state index is 10.2. The molecule has 0 aromatic heterocycles. The number of hydrogen-bond donors (Lipinski definition) is 3. The zero-order valence-electron chi connectivity index (χ0n) is 12.7. The molecule has 22 heavy (non-hydrogen) atoms. The van der Waals surface area contributed by atoms with Crippen molar-refractivity contribution < 1.29 is 23.7 Å². The summed E-state index contributed by atoms with van der Waals surface area (Å²) < 4.78 is 15.9. The molecule has 0 bridgehead atoms. The summed E-state index contributed by atoms with van der Waals surface area (Å²) in [7, 11) is -0.171. The van der Waals surface area contributed by atoms with Gasteiger partial charge in [-0.2, -0.15) is 0 Å². The molecule has 1 aliphatic heterocycles. The van der Waals surface area contributed by atoms with Gasteiger partial charge < -0.3 is 20.9 Å². The van der Waals surface area contributed by atoms with Crippen LogP contribution in [0.3, 0.4) is 0 Å². The number of ether oxygens (including phenoxy) is 1. The van der Waals surface area contributed by atoms with Crippen molar-refractivity contribution in [1.82, 2.24) is 5.32 Å². The molecule has 0 saturated carbocycles. The van der Waals surface area contributed by atoms with Crippen LogP contribution in [0, 0.1) is 0 Å². The van der Waals surface area contributed by atoms with E-state index in [0.29, 0.717) is 12.0 Å². The molecule has 0 spiro atoms. The van der Waals surface area contributed by atoms with E-state index in [1.165, 1.54) is 13.3 Å². The van der Waals surface area contributed by atoms with Gasteiger partial charge in [-0.3, -0.25) is 4.79 Å². The Bertz CT molecular complexity index is 559. The van der Waals surface area contributed by atoms with Crippen molar-refractivity contribution >= 4 is 31.2 Å². The van der Waals surface area contributed by atoms with Crippen LogP contribution in [0.25, 0.3) is 0 Å². The number of carbonyl (C=O) groups excluding carboxylic acids is 1. The molecule has 1 rings (SSSR count). The summed E-state index contributed by atoms with van der Waals surface area (Å²) in [5, 5.41) is 12.6. The minimum atomic E-state index is -1.59. The topological polar surface area (TPSA) is 115 Å². The van der Waals surface area contributed by atoms with Crippen molar-refractivity contribution in [3.05, 3.63) is 23.3 Å². The zero-order chi connectivity index (χ0) is 16.9. The molecule has 0 aromatic rings. The Morgan fingerprint density at radius 3 is 2.82 bits per heavy atom. The lowest BCUT2D eigenvalue weighted by Gasteiger charge is -2.18. The molecular weight excluding hydrogens is 329 g/mol. The monoisotopic (exact) mass is 348 g/mol. The number of nitrogens with one attached hydrogen (secondary N) is 1. The Hall–Kier alpha value is -1.54. The van der Waals surface area contributed by atoms with Crippen LogP contribution in [0.1, 0.15) is 20.8 Å². The first kappa shape index (κ1) is 18.5. The van der Waals surface area contributed by atoms with Crippen molar-refractivity contribution in [2.45, 2.75) is 32.6 Å². The van der Waals surface area contributed by atoms with Crippen LogP contribution in [-0.4, -0.2) is 36.3 Å². The number of aliphatic hydroxyl groups is 1. The average molecular weight is 348 g/mol. The van der Waals surface area contributed by atoms with E-state index >= 15 is 0 Å². The number of amides is 1. The summed E-state index contributed by atoms with van der Waals surface area (Å²) in [6, 6.07) is 0. The number of rotatable bonds is 7. The number of amidine groups is 1. The molecule has 122 valence electrons. The Morgan fingerprint density at radius 1 is 1.64 bits per heavy atom. The van der Waals surface area contributed by atoms with Gasteiger partial charge in [0.1, 0.15) is 11.4 Å². The molecule has 0 saturated heterocycles. The minimum Gasteiger partial charge on any atom is -0.505 e. The summed E-state index contributed by atoms with van der Waals surface area (Å²) >= 11 is 4.96. The zero-order valence-corrected chi connectivity index (χ0v) is 14.4. The van der Waals surface area contributed by atoms with Crippen molar-refractivity contribution in [3.63, 3.8) is 0 Å². The van der Waals surface area contributed by atoms with Gasteiger partial charge in [0.05, 0.1) is 7.11 Å². The van der Waals surface area contributed by atoms with Crippen LogP contribution >= 0.6 is 7.15 Å². The average Bonchev–Trinajstić information content (AvgIpc) is 2.67. The molecule has 10 heteroatoms. The van der Waals surface area contributed by atoms with Gasteiger partial charge in [0.15, 0.2) is 5.76 Å². The Morgan fingerprint density at radius 2 is 2.27 bits per heavy atom. The summed E-state index contributed by atoms with van der Waals surface area (Å²) in [5.41, 5.74) is 5.38. The summed E-state index contributed by atoms with van der Waals surface area (Å²) in [6.45, 7) is 5.06. The highest BCUT2D eigenvalue weighted by molar-refractivity contribution is 8.00. The third kappa shape index (κ3) is 4.48. The minimum absolute atomic E-state index is 0.107. The Labute approximate surface area is 134 Å². The predicted molar refractivity (Wildman–Crippen MR) is 85.6 cm³/mol. The molecule has 0 fully saturated rings. The fourth-order valence-corrected chi connectivity index (χ4v) is 2.39. The number of aliphatic hydroxyl groups excluding tert-OH is 1. The van der Waals surface area contributed by atoms with E-state index < -0.39 is 19.0 Å². The number of nitrogens with two attached hydrogens (primary N) is 1. The molecule has 4 N–H and O–H groups in total. The van der Waals surface area contributed by atoms with Crippen LogP contribution < -0.4 is 11.1 Å². The molecule has 0 aliphatic carbocycles. The lowest BCUT2D eigenvalue weighted by molar-refractivity contribution is -0.108. The Balaban J connectivity index is 3.03. The summed E-state index contributed by atoms with van der Waals surface area (Å²) in [5.74, 6) is 0.0680. The van der Waals surface area contributed by atoms with Crippen molar-refractivity contribution in [2.24, 2.45) is 10.7 Å². The van der Waals surface area contributed by atoms with Crippen LogP contribution in [0.5, 0.6) is 0 Å². The molecule has 2 atom stereocenters. The number of hydrogen-bond acceptors (Lipinski definition) is 7. The fraction of sp³-hybridized carbons (Fsp3) is 0.500. The van der Waals surface area contributed by atoms with Gasteiger partial charge in [-0.15, -0.1) is 4.52 Å². The molecule has 8 nitrogen and oxygen atoms in total. The van der Waals surface area contributed by atoms with Crippen LogP contribution in [0.4, 0.5) is 0 Å². The first-order valence-corrected chi connectivity index (χ1v) is 8.43. The van der Waals surface area contributed by atoms with Crippen molar-refractivity contribution in [2.75, 3.05) is 7.11 Å².